The second-order valence-corrected chi connectivity index (χ2v) is 6.31. The molecule has 0 unspecified atom stereocenters. The molecule has 1 saturated carbocycles. The summed E-state index contributed by atoms with van der Waals surface area (Å²) in [5.74, 6) is -0.473. The van der Waals surface area contributed by atoms with E-state index in [-0.39, 0.29) is 18.6 Å². The summed E-state index contributed by atoms with van der Waals surface area (Å²) in [4.78, 5) is 29.9. The minimum Gasteiger partial charge on any atom is -0.464 e. The number of carbonyl (C=O) groups is 2. The first-order valence-electron chi connectivity index (χ1n) is 7.46. The van der Waals surface area contributed by atoms with Crippen LogP contribution in [-0.4, -0.2) is 48.6 Å². The SMILES string of the molecule is COCC(=O)N(Cc1nc(C(=O)OC)cs1)C1CCCCC1. The lowest BCUT2D eigenvalue weighted by Gasteiger charge is -2.33. The fraction of sp³-hybridized carbons (Fsp3) is 0.667. The van der Waals surface area contributed by atoms with Crippen molar-refractivity contribution in [2.45, 2.75) is 44.7 Å². The molecule has 22 heavy (non-hydrogen) atoms. The average Bonchev–Trinajstić information content (AvgIpc) is 3.01. The summed E-state index contributed by atoms with van der Waals surface area (Å²) in [5.41, 5.74) is 0.297. The quantitative estimate of drug-likeness (QED) is 0.750. The second-order valence-electron chi connectivity index (χ2n) is 5.36. The molecule has 0 radical (unpaired) electrons. The van der Waals surface area contributed by atoms with Crippen molar-refractivity contribution < 1.29 is 19.1 Å². The van der Waals surface area contributed by atoms with E-state index in [2.05, 4.69) is 9.72 Å². The molecule has 7 heteroatoms. The van der Waals surface area contributed by atoms with E-state index in [1.807, 2.05) is 4.90 Å². The van der Waals surface area contributed by atoms with Crippen molar-refractivity contribution >= 4 is 23.2 Å². The average molecular weight is 326 g/mol. The molecule has 0 atom stereocenters. The van der Waals surface area contributed by atoms with Gasteiger partial charge >= 0.3 is 5.97 Å². The summed E-state index contributed by atoms with van der Waals surface area (Å²) >= 11 is 1.37. The number of rotatable bonds is 6. The molecular formula is C15H22N2O4S. The van der Waals surface area contributed by atoms with Crippen LogP contribution in [0.3, 0.4) is 0 Å². The molecule has 0 saturated heterocycles. The van der Waals surface area contributed by atoms with Crippen LogP contribution in [0.1, 0.15) is 47.6 Å². The first-order valence-corrected chi connectivity index (χ1v) is 8.34. The molecule has 0 aliphatic heterocycles. The zero-order valence-electron chi connectivity index (χ0n) is 13.0. The Morgan fingerprint density at radius 1 is 1.32 bits per heavy atom. The molecule has 1 aromatic heterocycles. The van der Waals surface area contributed by atoms with Crippen molar-refractivity contribution in [3.63, 3.8) is 0 Å². The van der Waals surface area contributed by atoms with Crippen LogP contribution < -0.4 is 0 Å². The Labute approximate surface area is 134 Å². The van der Waals surface area contributed by atoms with Gasteiger partial charge in [0, 0.05) is 18.5 Å². The summed E-state index contributed by atoms with van der Waals surface area (Å²) in [6.45, 7) is 0.500. The fourth-order valence-corrected chi connectivity index (χ4v) is 3.51. The summed E-state index contributed by atoms with van der Waals surface area (Å²) in [7, 11) is 2.85. The zero-order chi connectivity index (χ0) is 15.9. The Hall–Kier alpha value is -1.47. The number of nitrogens with zero attached hydrogens (tertiary/aromatic N) is 2. The van der Waals surface area contributed by atoms with E-state index >= 15 is 0 Å². The molecule has 1 amide bonds. The molecule has 6 nitrogen and oxygen atoms in total. The highest BCUT2D eigenvalue weighted by molar-refractivity contribution is 7.09. The zero-order valence-corrected chi connectivity index (χ0v) is 13.9. The molecule has 122 valence electrons. The molecule has 2 rings (SSSR count). The minimum absolute atomic E-state index is 0.0239. The van der Waals surface area contributed by atoms with Gasteiger partial charge in [-0.15, -0.1) is 11.3 Å². The second kappa shape index (κ2) is 8.24. The van der Waals surface area contributed by atoms with Crippen molar-refractivity contribution in [1.82, 2.24) is 9.88 Å². The Morgan fingerprint density at radius 2 is 2.05 bits per heavy atom. The monoisotopic (exact) mass is 326 g/mol. The highest BCUT2D eigenvalue weighted by Crippen LogP contribution is 2.25. The largest absolute Gasteiger partial charge is 0.464 e. The van der Waals surface area contributed by atoms with Crippen molar-refractivity contribution in [3.8, 4) is 0 Å². The van der Waals surface area contributed by atoms with Gasteiger partial charge in [-0.05, 0) is 12.8 Å². The van der Waals surface area contributed by atoms with Gasteiger partial charge in [0.15, 0.2) is 5.69 Å². The van der Waals surface area contributed by atoms with Crippen molar-refractivity contribution in [1.29, 1.82) is 0 Å². The van der Waals surface area contributed by atoms with Crippen LogP contribution in [0.4, 0.5) is 0 Å². The third-order valence-corrected chi connectivity index (χ3v) is 4.69. The van der Waals surface area contributed by atoms with Crippen molar-refractivity contribution in [3.05, 3.63) is 16.1 Å². The Bertz CT molecular complexity index is 511. The van der Waals surface area contributed by atoms with Gasteiger partial charge in [0.05, 0.1) is 13.7 Å². The number of carbonyl (C=O) groups excluding carboxylic acids is 2. The number of hydrogen-bond acceptors (Lipinski definition) is 6. The van der Waals surface area contributed by atoms with E-state index in [0.717, 1.165) is 30.7 Å². The van der Waals surface area contributed by atoms with Gasteiger partial charge in [0.1, 0.15) is 11.6 Å². The van der Waals surface area contributed by atoms with E-state index in [4.69, 9.17) is 4.74 Å². The molecule has 0 bridgehead atoms. The van der Waals surface area contributed by atoms with Gasteiger partial charge in [-0.25, -0.2) is 9.78 Å². The maximum Gasteiger partial charge on any atom is 0.357 e. The minimum atomic E-state index is -0.449. The summed E-state index contributed by atoms with van der Waals surface area (Å²) in [6, 6.07) is 0.238. The van der Waals surface area contributed by atoms with E-state index in [1.54, 1.807) is 5.38 Å². The number of thiazole rings is 1. The third-order valence-electron chi connectivity index (χ3n) is 3.86. The summed E-state index contributed by atoms with van der Waals surface area (Å²) in [5, 5.41) is 2.41. The summed E-state index contributed by atoms with van der Waals surface area (Å²) < 4.78 is 9.65. The first kappa shape index (κ1) is 16.9. The Balaban J connectivity index is 2.09. The normalized spacial score (nSPS) is 15.5. The number of esters is 1. The van der Waals surface area contributed by atoms with Gasteiger partial charge < -0.3 is 14.4 Å². The van der Waals surface area contributed by atoms with Gasteiger partial charge in [-0.3, -0.25) is 4.79 Å². The van der Waals surface area contributed by atoms with E-state index in [0.29, 0.717) is 12.2 Å². The number of methoxy groups -OCH3 is 2. The molecule has 0 N–H and O–H groups in total. The van der Waals surface area contributed by atoms with Crippen LogP contribution in [0.15, 0.2) is 5.38 Å². The lowest BCUT2D eigenvalue weighted by atomic mass is 9.94. The lowest BCUT2D eigenvalue weighted by molar-refractivity contribution is -0.139. The number of aromatic nitrogens is 1. The van der Waals surface area contributed by atoms with Gasteiger partial charge in [-0.2, -0.15) is 0 Å². The van der Waals surface area contributed by atoms with Gasteiger partial charge in [-0.1, -0.05) is 19.3 Å². The van der Waals surface area contributed by atoms with E-state index < -0.39 is 5.97 Å². The molecule has 0 spiro atoms. The smallest absolute Gasteiger partial charge is 0.357 e. The number of ether oxygens (including phenoxy) is 2. The highest BCUT2D eigenvalue weighted by atomic mass is 32.1. The maximum atomic E-state index is 12.3. The predicted octanol–water partition coefficient (Wildman–Crippen LogP) is 2.24. The van der Waals surface area contributed by atoms with Crippen LogP contribution in [0, 0.1) is 0 Å². The lowest BCUT2D eigenvalue weighted by Crippen LogP contribution is -2.42. The Morgan fingerprint density at radius 3 is 2.68 bits per heavy atom. The summed E-state index contributed by atoms with van der Waals surface area (Å²) in [6.07, 6.45) is 5.56. The van der Waals surface area contributed by atoms with E-state index in [9.17, 15) is 9.59 Å². The van der Waals surface area contributed by atoms with E-state index in [1.165, 1.54) is 32.0 Å². The van der Waals surface area contributed by atoms with Crippen LogP contribution in [-0.2, 0) is 20.8 Å². The van der Waals surface area contributed by atoms with Crippen LogP contribution >= 0.6 is 11.3 Å². The molecule has 1 aromatic rings. The fourth-order valence-electron chi connectivity index (χ4n) is 2.75. The third kappa shape index (κ3) is 4.27. The highest BCUT2D eigenvalue weighted by Gasteiger charge is 2.26. The van der Waals surface area contributed by atoms with Crippen LogP contribution in [0.2, 0.25) is 0 Å². The standard InChI is InChI=1S/C15H22N2O4S/c1-20-9-14(18)17(11-6-4-3-5-7-11)8-13-16-12(10-22-13)15(19)21-2/h10-11H,3-9H2,1-2H3. The van der Waals surface area contributed by atoms with Crippen molar-refractivity contribution in [2.24, 2.45) is 0 Å². The van der Waals surface area contributed by atoms with Crippen molar-refractivity contribution in [2.75, 3.05) is 20.8 Å². The molecule has 1 aliphatic rings. The topological polar surface area (TPSA) is 68.7 Å². The molecule has 1 aliphatic carbocycles. The molecule has 1 heterocycles. The molecule has 0 aromatic carbocycles. The van der Waals surface area contributed by atoms with Crippen LogP contribution in [0.5, 0.6) is 0 Å². The Kier molecular flexibility index (Phi) is 6.33. The molecule has 1 fully saturated rings. The number of hydrogen-bond donors (Lipinski definition) is 0. The first-order chi connectivity index (χ1) is 10.7. The van der Waals surface area contributed by atoms with Gasteiger partial charge in [0.25, 0.3) is 0 Å². The van der Waals surface area contributed by atoms with Crippen LogP contribution in [0.25, 0.3) is 0 Å². The molecular weight excluding hydrogens is 304 g/mol. The predicted molar refractivity (Wildman–Crippen MR) is 82.8 cm³/mol. The van der Waals surface area contributed by atoms with Gasteiger partial charge in [0.2, 0.25) is 5.91 Å². The number of amides is 1. The maximum absolute atomic E-state index is 12.3.